The van der Waals surface area contributed by atoms with Crippen LogP contribution in [0.15, 0.2) is 127 Å². The zero-order valence-electron chi connectivity index (χ0n) is 21.3. The monoisotopic (exact) mass is 531 g/mol. The molecule has 5 aromatic carbocycles. The lowest BCUT2D eigenvalue weighted by molar-refractivity contribution is 0.954. The van der Waals surface area contributed by atoms with Gasteiger partial charge in [-0.3, -0.25) is 4.57 Å². The summed E-state index contributed by atoms with van der Waals surface area (Å²) < 4.78 is 3.23. The Balaban J connectivity index is 1.41. The van der Waals surface area contributed by atoms with Gasteiger partial charge in [-0.25, -0.2) is 9.97 Å². The number of para-hydroxylation sites is 3. The van der Waals surface area contributed by atoms with Crippen LogP contribution in [0.2, 0.25) is 0 Å². The van der Waals surface area contributed by atoms with Crippen molar-refractivity contribution in [1.82, 2.24) is 24.5 Å². The predicted molar refractivity (Wildman–Crippen MR) is 164 cm³/mol. The van der Waals surface area contributed by atoms with Crippen molar-refractivity contribution in [3.8, 4) is 39.3 Å². The Morgan fingerprint density at radius 1 is 0.475 bits per heavy atom. The molecule has 0 bridgehead atoms. The quantitative estimate of drug-likeness (QED) is 0.228. The first-order chi connectivity index (χ1) is 19.8. The van der Waals surface area contributed by atoms with E-state index in [2.05, 4.69) is 83.4 Å². The normalized spacial score (nSPS) is 11.5. The molecular formula is C34H21N5S. The molecule has 6 heteroatoms. The van der Waals surface area contributed by atoms with Gasteiger partial charge in [0.05, 0.1) is 21.3 Å². The molecule has 3 aromatic heterocycles. The zero-order chi connectivity index (χ0) is 26.5. The molecule has 40 heavy (non-hydrogen) atoms. The minimum atomic E-state index is 0.580. The molecular weight excluding hydrogens is 510 g/mol. The van der Waals surface area contributed by atoms with Crippen LogP contribution < -0.4 is 0 Å². The van der Waals surface area contributed by atoms with Crippen molar-refractivity contribution < 1.29 is 0 Å². The molecule has 3 heterocycles. The summed E-state index contributed by atoms with van der Waals surface area (Å²) in [7, 11) is 0. The summed E-state index contributed by atoms with van der Waals surface area (Å²) in [5, 5.41) is 3.30. The number of hydrogen-bond acceptors (Lipinski definition) is 5. The number of nitrogens with zero attached hydrogens (tertiary/aromatic N) is 5. The highest BCUT2D eigenvalue weighted by Gasteiger charge is 2.19. The molecule has 188 valence electrons. The van der Waals surface area contributed by atoms with Crippen LogP contribution in [0.5, 0.6) is 0 Å². The summed E-state index contributed by atoms with van der Waals surface area (Å²) in [6.45, 7) is 0. The van der Waals surface area contributed by atoms with Gasteiger partial charge >= 0.3 is 0 Å². The van der Waals surface area contributed by atoms with Crippen LogP contribution in [0.4, 0.5) is 0 Å². The highest BCUT2D eigenvalue weighted by Crippen LogP contribution is 2.36. The molecule has 0 atom stereocenters. The number of rotatable bonds is 4. The maximum atomic E-state index is 5.11. The van der Waals surface area contributed by atoms with Crippen molar-refractivity contribution in [1.29, 1.82) is 0 Å². The molecule has 0 fully saturated rings. The number of hydrogen-bond donors (Lipinski definition) is 0. The second-order valence-electron chi connectivity index (χ2n) is 9.56. The van der Waals surface area contributed by atoms with E-state index in [1.54, 1.807) is 11.3 Å². The molecule has 0 amide bonds. The average Bonchev–Trinajstić information content (AvgIpc) is 3.61. The van der Waals surface area contributed by atoms with Gasteiger partial charge in [0.15, 0.2) is 11.6 Å². The molecule has 0 saturated carbocycles. The molecule has 0 aliphatic heterocycles. The maximum Gasteiger partial charge on any atom is 0.238 e. The molecule has 0 aliphatic carbocycles. The van der Waals surface area contributed by atoms with Gasteiger partial charge in [-0.2, -0.15) is 9.97 Å². The number of aromatic nitrogens is 5. The topological polar surface area (TPSA) is 56.5 Å². The molecule has 0 unspecified atom stereocenters. The predicted octanol–water partition coefficient (Wildman–Crippen LogP) is 8.58. The number of benzene rings is 5. The van der Waals surface area contributed by atoms with Crippen molar-refractivity contribution in [3.05, 3.63) is 127 Å². The van der Waals surface area contributed by atoms with Gasteiger partial charge in [0.1, 0.15) is 5.01 Å². The van der Waals surface area contributed by atoms with E-state index >= 15 is 0 Å². The minimum absolute atomic E-state index is 0.580. The Bertz CT molecular complexity index is 2110. The lowest BCUT2D eigenvalue weighted by Crippen LogP contribution is -2.06. The molecule has 0 radical (unpaired) electrons. The molecule has 8 aromatic rings. The van der Waals surface area contributed by atoms with E-state index in [9.17, 15) is 0 Å². The van der Waals surface area contributed by atoms with Gasteiger partial charge in [0, 0.05) is 27.5 Å². The van der Waals surface area contributed by atoms with Crippen molar-refractivity contribution in [2.24, 2.45) is 0 Å². The largest absolute Gasteiger partial charge is 0.278 e. The summed E-state index contributed by atoms with van der Waals surface area (Å²) >= 11 is 1.68. The van der Waals surface area contributed by atoms with Crippen LogP contribution >= 0.6 is 11.3 Å². The SMILES string of the molecule is c1ccc(-c2nc(-c3cccc4sc(-c5ccccc5)nc34)nc(-n3c4ccccc4c4ccccc43)n2)cc1. The number of fused-ring (bicyclic) bond motifs is 4. The van der Waals surface area contributed by atoms with Crippen molar-refractivity contribution in [2.75, 3.05) is 0 Å². The van der Waals surface area contributed by atoms with Crippen LogP contribution in [0.25, 0.3) is 71.3 Å². The van der Waals surface area contributed by atoms with E-state index < -0.39 is 0 Å². The highest BCUT2D eigenvalue weighted by atomic mass is 32.1. The Morgan fingerprint density at radius 3 is 1.77 bits per heavy atom. The van der Waals surface area contributed by atoms with Crippen LogP contribution in [-0.2, 0) is 0 Å². The molecule has 0 spiro atoms. The molecule has 5 nitrogen and oxygen atoms in total. The summed E-state index contributed by atoms with van der Waals surface area (Å²) in [6.07, 6.45) is 0. The Kier molecular flexibility index (Phi) is 5.24. The van der Waals surface area contributed by atoms with E-state index in [0.717, 1.165) is 53.7 Å². The smallest absolute Gasteiger partial charge is 0.238 e. The third-order valence-corrected chi connectivity index (χ3v) is 8.19. The van der Waals surface area contributed by atoms with Gasteiger partial charge in [-0.05, 0) is 24.3 Å². The average molecular weight is 532 g/mol. The molecule has 0 N–H and O–H groups in total. The summed E-state index contributed by atoms with van der Waals surface area (Å²) in [6, 6.07) is 43.4. The molecule has 0 aliphatic rings. The van der Waals surface area contributed by atoms with Crippen LogP contribution in [0.1, 0.15) is 0 Å². The maximum absolute atomic E-state index is 5.11. The van der Waals surface area contributed by atoms with E-state index in [0.29, 0.717) is 17.6 Å². The van der Waals surface area contributed by atoms with Gasteiger partial charge < -0.3 is 0 Å². The van der Waals surface area contributed by atoms with E-state index in [4.69, 9.17) is 19.9 Å². The highest BCUT2D eigenvalue weighted by molar-refractivity contribution is 7.21. The lowest BCUT2D eigenvalue weighted by atomic mass is 10.1. The Labute approximate surface area is 234 Å². The fourth-order valence-electron chi connectivity index (χ4n) is 5.27. The number of thiazole rings is 1. The first-order valence-corrected chi connectivity index (χ1v) is 13.9. The Morgan fingerprint density at radius 2 is 1.07 bits per heavy atom. The van der Waals surface area contributed by atoms with Crippen LogP contribution in [-0.4, -0.2) is 24.5 Å². The fraction of sp³-hybridized carbons (Fsp3) is 0. The summed E-state index contributed by atoms with van der Waals surface area (Å²) in [4.78, 5) is 20.2. The first-order valence-electron chi connectivity index (χ1n) is 13.1. The second-order valence-corrected chi connectivity index (χ2v) is 10.6. The first kappa shape index (κ1) is 22.8. The lowest BCUT2D eigenvalue weighted by Gasteiger charge is -2.11. The second kappa shape index (κ2) is 9.22. The van der Waals surface area contributed by atoms with Crippen LogP contribution in [0, 0.1) is 0 Å². The minimum Gasteiger partial charge on any atom is -0.278 e. The van der Waals surface area contributed by atoms with E-state index in [-0.39, 0.29) is 0 Å². The third-order valence-electron chi connectivity index (χ3n) is 7.12. The van der Waals surface area contributed by atoms with Gasteiger partial charge in [-0.15, -0.1) is 11.3 Å². The van der Waals surface area contributed by atoms with E-state index in [1.165, 1.54) is 0 Å². The van der Waals surface area contributed by atoms with Crippen molar-refractivity contribution >= 4 is 43.4 Å². The van der Waals surface area contributed by atoms with Gasteiger partial charge in [0.2, 0.25) is 5.95 Å². The zero-order valence-corrected chi connectivity index (χ0v) is 22.1. The summed E-state index contributed by atoms with van der Waals surface area (Å²) in [5.74, 6) is 1.80. The van der Waals surface area contributed by atoms with Crippen molar-refractivity contribution in [2.45, 2.75) is 0 Å². The van der Waals surface area contributed by atoms with Crippen molar-refractivity contribution in [3.63, 3.8) is 0 Å². The third kappa shape index (κ3) is 3.69. The molecule has 8 rings (SSSR count). The fourth-order valence-corrected chi connectivity index (χ4v) is 6.27. The molecule has 0 saturated heterocycles. The van der Waals surface area contributed by atoms with Crippen LogP contribution in [0.3, 0.4) is 0 Å². The van der Waals surface area contributed by atoms with Gasteiger partial charge in [0.25, 0.3) is 0 Å². The standard InChI is InChI=1S/C34H21N5S/c1-3-12-22(13-4-1)31-36-32(26-18-11-21-29-30(26)35-33(40-29)23-14-5-2-6-15-23)38-34(37-31)39-27-19-9-7-16-24(27)25-17-8-10-20-28(25)39/h1-21H. The summed E-state index contributed by atoms with van der Waals surface area (Å²) in [5.41, 5.74) is 5.92. The van der Waals surface area contributed by atoms with E-state index in [1.807, 2.05) is 48.5 Å². The van der Waals surface area contributed by atoms with Gasteiger partial charge in [-0.1, -0.05) is 103 Å². The Hall–Kier alpha value is -5.20.